The third-order valence-corrected chi connectivity index (χ3v) is 3.06. The van der Waals surface area contributed by atoms with E-state index in [1.54, 1.807) is 6.08 Å². The van der Waals surface area contributed by atoms with Crippen LogP contribution in [-0.4, -0.2) is 43.5 Å². The maximum Gasteiger partial charge on any atom is 0.416 e. The molecule has 1 aromatic rings. The summed E-state index contributed by atoms with van der Waals surface area (Å²) in [6.07, 6.45) is 1.04. The Morgan fingerprint density at radius 1 is 1.32 bits per heavy atom. The molecule has 0 saturated carbocycles. The quantitative estimate of drug-likeness (QED) is 0.832. The maximum absolute atomic E-state index is 12.0. The van der Waals surface area contributed by atoms with Crippen molar-refractivity contribution in [1.29, 1.82) is 0 Å². The van der Waals surface area contributed by atoms with Crippen molar-refractivity contribution < 1.29 is 19.0 Å². The van der Waals surface area contributed by atoms with Crippen LogP contribution >= 0.6 is 0 Å². The van der Waals surface area contributed by atoms with E-state index in [4.69, 9.17) is 19.9 Å². The van der Waals surface area contributed by atoms with E-state index in [0.29, 0.717) is 5.71 Å². The number of benzene rings is 1. The van der Waals surface area contributed by atoms with Crippen molar-refractivity contribution >= 4 is 11.8 Å². The highest BCUT2D eigenvalue weighted by atomic mass is 16.7. The molecule has 2 N–H and O–H groups in total. The standard InChI is InChI=1S/C15H19N3O4/c1-20-13(21-2)12-8-9-18(14(16)17-12)15(19)22-10-11-6-4-3-5-7-11/h3-9,13-14H,10,16H2,1-2H3. The van der Waals surface area contributed by atoms with E-state index >= 15 is 0 Å². The zero-order valence-electron chi connectivity index (χ0n) is 12.5. The molecular formula is C15H19N3O4. The number of ether oxygens (including phenoxy) is 3. The minimum Gasteiger partial charge on any atom is -0.444 e. The Hall–Kier alpha value is -2.22. The second kappa shape index (κ2) is 7.69. The van der Waals surface area contributed by atoms with Gasteiger partial charge in [-0.15, -0.1) is 0 Å². The minimum absolute atomic E-state index is 0.173. The summed E-state index contributed by atoms with van der Waals surface area (Å²) in [6.45, 7) is 0.173. The molecule has 0 bridgehead atoms. The molecule has 1 heterocycles. The molecule has 0 aliphatic carbocycles. The number of hydrogen-bond donors (Lipinski definition) is 1. The van der Waals surface area contributed by atoms with Gasteiger partial charge in [-0.1, -0.05) is 30.3 Å². The average Bonchev–Trinajstić information content (AvgIpc) is 2.55. The monoisotopic (exact) mass is 305 g/mol. The van der Waals surface area contributed by atoms with Crippen LogP contribution < -0.4 is 5.73 Å². The molecule has 1 aliphatic rings. The number of methoxy groups -OCH3 is 2. The Morgan fingerprint density at radius 2 is 2.00 bits per heavy atom. The second-order valence-electron chi connectivity index (χ2n) is 4.53. The average molecular weight is 305 g/mol. The van der Waals surface area contributed by atoms with E-state index in [2.05, 4.69) is 4.99 Å². The molecule has 1 aromatic carbocycles. The minimum atomic E-state index is -0.879. The molecule has 0 radical (unpaired) electrons. The van der Waals surface area contributed by atoms with Crippen LogP contribution in [0.3, 0.4) is 0 Å². The Morgan fingerprint density at radius 3 is 2.59 bits per heavy atom. The summed E-state index contributed by atoms with van der Waals surface area (Å²) in [5, 5.41) is 0. The van der Waals surface area contributed by atoms with Crippen LogP contribution in [0.4, 0.5) is 4.79 Å². The molecule has 1 unspecified atom stereocenters. The van der Waals surface area contributed by atoms with Gasteiger partial charge in [0.1, 0.15) is 6.61 Å². The number of aliphatic imine (C=N–C) groups is 1. The van der Waals surface area contributed by atoms with Crippen LogP contribution in [0.5, 0.6) is 0 Å². The summed E-state index contributed by atoms with van der Waals surface area (Å²) in [7, 11) is 2.99. The Balaban J connectivity index is 1.94. The molecule has 1 atom stereocenters. The molecule has 2 rings (SSSR count). The predicted octanol–water partition coefficient (Wildman–Crippen LogP) is 1.45. The van der Waals surface area contributed by atoms with Crippen molar-refractivity contribution in [2.75, 3.05) is 14.2 Å². The third-order valence-electron chi connectivity index (χ3n) is 3.06. The van der Waals surface area contributed by atoms with Crippen molar-refractivity contribution in [3.05, 3.63) is 48.2 Å². The number of amides is 1. The van der Waals surface area contributed by atoms with Crippen molar-refractivity contribution in [2.45, 2.75) is 19.2 Å². The number of nitrogens with two attached hydrogens (primary N) is 1. The van der Waals surface area contributed by atoms with Crippen LogP contribution in [0, 0.1) is 0 Å². The van der Waals surface area contributed by atoms with Gasteiger partial charge in [-0.3, -0.25) is 5.73 Å². The van der Waals surface area contributed by atoms with Gasteiger partial charge in [0.15, 0.2) is 12.6 Å². The van der Waals surface area contributed by atoms with Crippen LogP contribution in [0.1, 0.15) is 5.56 Å². The third kappa shape index (κ3) is 3.91. The fraction of sp³-hybridized carbons (Fsp3) is 0.333. The fourth-order valence-electron chi connectivity index (χ4n) is 1.94. The van der Waals surface area contributed by atoms with Gasteiger partial charge in [-0.2, -0.15) is 0 Å². The van der Waals surface area contributed by atoms with Crippen molar-refractivity contribution in [3.8, 4) is 0 Å². The molecular weight excluding hydrogens is 286 g/mol. The molecule has 118 valence electrons. The fourth-order valence-corrected chi connectivity index (χ4v) is 1.94. The van der Waals surface area contributed by atoms with Crippen LogP contribution in [0.2, 0.25) is 0 Å². The smallest absolute Gasteiger partial charge is 0.416 e. The number of carbonyl (C=O) groups excluding carboxylic acids is 1. The van der Waals surface area contributed by atoms with Gasteiger partial charge in [0, 0.05) is 20.4 Å². The first-order chi connectivity index (χ1) is 10.7. The summed E-state index contributed by atoms with van der Waals surface area (Å²) in [5.74, 6) is 0. The first-order valence-electron chi connectivity index (χ1n) is 6.71. The van der Waals surface area contributed by atoms with E-state index < -0.39 is 18.7 Å². The van der Waals surface area contributed by atoms with E-state index in [1.807, 2.05) is 30.3 Å². The highest BCUT2D eigenvalue weighted by molar-refractivity contribution is 5.98. The predicted molar refractivity (Wildman–Crippen MR) is 80.8 cm³/mol. The van der Waals surface area contributed by atoms with Gasteiger partial charge >= 0.3 is 6.09 Å². The second-order valence-corrected chi connectivity index (χ2v) is 4.53. The number of rotatable bonds is 5. The van der Waals surface area contributed by atoms with E-state index in [0.717, 1.165) is 5.56 Å². The number of hydrogen-bond acceptors (Lipinski definition) is 6. The van der Waals surface area contributed by atoms with E-state index in [9.17, 15) is 4.79 Å². The lowest BCUT2D eigenvalue weighted by atomic mass is 10.2. The van der Waals surface area contributed by atoms with E-state index in [-0.39, 0.29) is 6.61 Å². The molecule has 0 aromatic heterocycles. The van der Waals surface area contributed by atoms with Gasteiger partial charge in [-0.25, -0.2) is 14.7 Å². The lowest BCUT2D eigenvalue weighted by Gasteiger charge is -2.27. The zero-order chi connectivity index (χ0) is 15.9. The number of carbonyl (C=O) groups is 1. The number of nitrogens with zero attached hydrogens (tertiary/aromatic N) is 2. The lowest BCUT2D eigenvalue weighted by Crippen LogP contribution is -2.45. The molecule has 0 saturated heterocycles. The normalized spacial score (nSPS) is 17.5. The highest BCUT2D eigenvalue weighted by Crippen LogP contribution is 2.12. The maximum atomic E-state index is 12.0. The SMILES string of the molecule is COC(OC)C1=NC(N)N(C(=O)OCc2ccccc2)C=C1. The molecule has 7 heteroatoms. The Kier molecular flexibility index (Phi) is 5.65. The van der Waals surface area contributed by atoms with Gasteiger partial charge in [0.25, 0.3) is 0 Å². The zero-order valence-corrected chi connectivity index (χ0v) is 12.5. The van der Waals surface area contributed by atoms with Gasteiger partial charge in [0.05, 0.1) is 5.71 Å². The van der Waals surface area contributed by atoms with Gasteiger partial charge in [0.2, 0.25) is 0 Å². The summed E-state index contributed by atoms with van der Waals surface area (Å²) < 4.78 is 15.4. The molecule has 0 fully saturated rings. The molecule has 7 nitrogen and oxygen atoms in total. The van der Waals surface area contributed by atoms with E-state index in [1.165, 1.54) is 25.3 Å². The first-order valence-corrected chi connectivity index (χ1v) is 6.71. The Bertz CT molecular complexity index is 555. The molecule has 0 spiro atoms. The molecule has 22 heavy (non-hydrogen) atoms. The van der Waals surface area contributed by atoms with Crippen molar-refractivity contribution in [2.24, 2.45) is 10.7 Å². The van der Waals surface area contributed by atoms with Crippen LogP contribution in [0.15, 0.2) is 47.6 Å². The first kappa shape index (κ1) is 16.2. The van der Waals surface area contributed by atoms with Gasteiger partial charge < -0.3 is 14.2 Å². The highest BCUT2D eigenvalue weighted by Gasteiger charge is 2.25. The summed E-state index contributed by atoms with van der Waals surface area (Å²) >= 11 is 0. The van der Waals surface area contributed by atoms with Crippen LogP contribution in [-0.2, 0) is 20.8 Å². The van der Waals surface area contributed by atoms with Gasteiger partial charge in [-0.05, 0) is 11.6 Å². The Labute approximate surface area is 129 Å². The largest absolute Gasteiger partial charge is 0.444 e. The molecule has 1 aliphatic heterocycles. The summed E-state index contributed by atoms with van der Waals surface area (Å²) in [4.78, 5) is 17.4. The van der Waals surface area contributed by atoms with Crippen LogP contribution in [0.25, 0.3) is 0 Å². The summed E-state index contributed by atoms with van der Waals surface area (Å²) in [5.41, 5.74) is 7.26. The molecule has 1 amide bonds. The van der Waals surface area contributed by atoms with Crippen molar-refractivity contribution in [3.63, 3.8) is 0 Å². The topological polar surface area (TPSA) is 86.4 Å². The van der Waals surface area contributed by atoms with Crippen molar-refractivity contribution in [1.82, 2.24) is 4.90 Å². The summed E-state index contributed by atoms with van der Waals surface area (Å²) in [6, 6.07) is 9.39. The lowest BCUT2D eigenvalue weighted by molar-refractivity contribution is -0.0520.